The van der Waals surface area contributed by atoms with E-state index in [1.807, 2.05) is 31.6 Å². The molecule has 0 aromatic carbocycles. The Kier molecular flexibility index (Phi) is 4.52. The molecule has 5 heteroatoms. The lowest BCUT2D eigenvalue weighted by Crippen LogP contribution is -2.10. The van der Waals surface area contributed by atoms with Crippen LogP contribution in [-0.4, -0.2) is 28.3 Å². The van der Waals surface area contributed by atoms with Gasteiger partial charge in [0.2, 0.25) is 5.95 Å². The molecule has 0 aliphatic heterocycles. The number of hydrogen-bond acceptors (Lipinski definition) is 4. The summed E-state index contributed by atoms with van der Waals surface area (Å²) in [6.07, 6.45) is 5.72. The van der Waals surface area contributed by atoms with Crippen molar-refractivity contribution >= 4 is 5.95 Å². The zero-order valence-electron chi connectivity index (χ0n) is 11.7. The van der Waals surface area contributed by atoms with Gasteiger partial charge in [-0.05, 0) is 31.0 Å². The van der Waals surface area contributed by atoms with Crippen LogP contribution in [0.3, 0.4) is 0 Å². The molecule has 2 heterocycles. The van der Waals surface area contributed by atoms with E-state index in [0.717, 1.165) is 24.7 Å². The fourth-order valence-corrected chi connectivity index (χ4v) is 1.92. The van der Waals surface area contributed by atoms with Crippen LogP contribution in [0.5, 0.6) is 0 Å². The first-order valence-corrected chi connectivity index (χ1v) is 6.37. The van der Waals surface area contributed by atoms with Gasteiger partial charge in [0, 0.05) is 38.8 Å². The molecule has 2 rings (SSSR count). The summed E-state index contributed by atoms with van der Waals surface area (Å²) in [4.78, 5) is 8.59. The Morgan fingerprint density at radius 2 is 2.21 bits per heavy atom. The smallest absolute Gasteiger partial charge is 0.203 e. The Bertz CT molecular complexity index is 536. The first kappa shape index (κ1) is 13.5. The number of nitrogens with one attached hydrogen (secondary N) is 1. The van der Waals surface area contributed by atoms with Crippen molar-refractivity contribution in [2.24, 2.45) is 0 Å². The van der Waals surface area contributed by atoms with Crippen molar-refractivity contribution < 1.29 is 4.74 Å². The van der Waals surface area contributed by atoms with E-state index in [0.29, 0.717) is 6.61 Å². The van der Waals surface area contributed by atoms with E-state index in [4.69, 9.17) is 4.74 Å². The van der Waals surface area contributed by atoms with Crippen molar-refractivity contribution in [3.05, 3.63) is 41.5 Å². The summed E-state index contributed by atoms with van der Waals surface area (Å²) in [5.74, 6) is 0.880. The lowest BCUT2D eigenvalue weighted by Gasteiger charge is -2.10. The number of aryl methyl sites for hydroxylation is 2. The van der Waals surface area contributed by atoms with Crippen LogP contribution in [0.15, 0.2) is 24.7 Å². The number of ether oxygens (including phenoxy) is 1. The molecule has 0 fully saturated rings. The summed E-state index contributed by atoms with van der Waals surface area (Å²) in [6.45, 7) is 6.28. The Hall–Kier alpha value is -1.88. The first-order chi connectivity index (χ1) is 9.20. The van der Waals surface area contributed by atoms with E-state index < -0.39 is 0 Å². The second kappa shape index (κ2) is 6.33. The number of anilines is 1. The van der Waals surface area contributed by atoms with Crippen LogP contribution in [0.4, 0.5) is 5.95 Å². The molecule has 0 bridgehead atoms. The minimum atomic E-state index is 0.679. The summed E-state index contributed by atoms with van der Waals surface area (Å²) in [6, 6.07) is 2.03. The summed E-state index contributed by atoms with van der Waals surface area (Å²) in [5.41, 5.74) is 3.42. The topological polar surface area (TPSA) is 52.0 Å². The van der Waals surface area contributed by atoms with Crippen molar-refractivity contribution in [3.8, 4) is 0 Å². The van der Waals surface area contributed by atoms with Gasteiger partial charge in [0.05, 0.1) is 12.3 Å². The van der Waals surface area contributed by atoms with Gasteiger partial charge in [0.25, 0.3) is 0 Å². The van der Waals surface area contributed by atoms with Gasteiger partial charge < -0.3 is 14.6 Å². The van der Waals surface area contributed by atoms with Crippen LogP contribution in [0.2, 0.25) is 0 Å². The van der Waals surface area contributed by atoms with Crippen LogP contribution in [-0.2, 0) is 17.8 Å². The molecule has 0 radical (unpaired) electrons. The van der Waals surface area contributed by atoms with Crippen LogP contribution in [0, 0.1) is 13.8 Å². The molecular weight excluding hydrogens is 240 g/mol. The van der Waals surface area contributed by atoms with Crippen molar-refractivity contribution in [1.82, 2.24) is 14.5 Å². The predicted octanol–water partition coefficient (Wildman–Crippen LogP) is 2.15. The molecule has 0 saturated heterocycles. The zero-order chi connectivity index (χ0) is 13.7. The van der Waals surface area contributed by atoms with Gasteiger partial charge in [0.1, 0.15) is 0 Å². The quantitative estimate of drug-likeness (QED) is 0.864. The molecule has 102 valence electrons. The third-order valence-electron chi connectivity index (χ3n) is 3.01. The highest BCUT2D eigenvalue weighted by Gasteiger charge is 2.05. The molecule has 0 spiro atoms. The summed E-state index contributed by atoms with van der Waals surface area (Å²) < 4.78 is 7.19. The van der Waals surface area contributed by atoms with Crippen molar-refractivity contribution in [1.29, 1.82) is 0 Å². The number of methoxy groups -OCH3 is 1. The maximum Gasteiger partial charge on any atom is 0.203 e. The van der Waals surface area contributed by atoms with Gasteiger partial charge >= 0.3 is 0 Å². The number of nitrogens with zero attached hydrogens (tertiary/aromatic N) is 3. The Morgan fingerprint density at radius 3 is 2.95 bits per heavy atom. The number of pyridine rings is 1. The Labute approximate surface area is 113 Å². The van der Waals surface area contributed by atoms with E-state index >= 15 is 0 Å². The highest BCUT2D eigenvalue weighted by molar-refractivity contribution is 5.32. The second-order valence-corrected chi connectivity index (χ2v) is 4.55. The van der Waals surface area contributed by atoms with Crippen LogP contribution < -0.4 is 5.32 Å². The average Bonchev–Trinajstić information content (AvgIpc) is 2.76. The molecule has 0 saturated carbocycles. The summed E-state index contributed by atoms with van der Waals surface area (Å²) in [7, 11) is 1.71. The normalized spacial score (nSPS) is 10.7. The number of rotatable bonds is 6. The Morgan fingerprint density at radius 1 is 1.37 bits per heavy atom. The zero-order valence-corrected chi connectivity index (χ0v) is 11.7. The van der Waals surface area contributed by atoms with Crippen LogP contribution in [0.1, 0.15) is 16.8 Å². The van der Waals surface area contributed by atoms with Gasteiger partial charge in [-0.25, -0.2) is 4.98 Å². The first-order valence-electron chi connectivity index (χ1n) is 6.37. The largest absolute Gasteiger partial charge is 0.383 e. The third kappa shape index (κ3) is 3.54. The molecule has 19 heavy (non-hydrogen) atoms. The lowest BCUT2D eigenvalue weighted by molar-refractivity contribution is 0.187. The summed E-state index contributed by atoms with van der Waals surface area (Å²) >= 11 is 0. The highest BCUT2D eigenvalue weighted by Crippen LogP contribution is 2.12. The van der Waals surface area contributed by atoms with Gasteiger partial charge in [-0.15, -0.1) is 0 Å². The van der Waals surface area contributed by atoms with Gasteiger partial charge in [-0.1, -0.05) is 0 Å². The fraction of sp³-hybridized carbons (Fsp3) is 0.429. The van der Waals surface area contributed by atoms with E-state index in [2.05, 4.69) is 26.8 Å². The van der Waals surface area contributed by atoms with E-state index in [9.17, 15) is 0 Å². The number of imidazole rings is 1. The van der Waals surface area contributed by atoms with E-state index in [1.54, 1.807) is 7.11 Å². The maximum atomic E-state index is 5.11. The minimum Gasteiger partial charge on any atom is -0.383 e. The standard InChI is InChI=1S/C14H20N4O/c1-11-8-15-5-4-13(11)9-16-14-17-12(2)10-18(14)6-7-19-3/h4-5,8,10H,6-7,9H2,1-3H3,(H,16,17). The Balaban J connectivity index is 2.05. The van der Waals surface area contributed by atoms with E-state index in [-0.39, 0.29) is 0 Å². The SMILES string of the molecule is COCCn1cc(C)nc1NCc1ccncc1C. The molecule has 0 aliphatic rings. The molecule has 0 atom stereocenters. The fourth-order valence-electron chi connectivity index (χ4n) is 1.92. The minimum absolute atomic E-state index is 0.679. The number of hydrogen-bond donors (Lipinski definition) is 1. The highest BCUT2D eigenvalue weighted by atomic mass is 16.5. The summed E-state index contributed by atoms with van der Waals surface area (Å²) in [5, 5.41) is 3.37. The van der Waals surface area contributed by atoms with Gasteiger partial charge in [-0.2, -0.15) is 0 Å². The molecule has 0 unspecified atom stereocenters. The second-order valence-electron chi connectivity index (χ2n) is 4.55. The predicted molar refractivity (Wildman–Crippen MR) is 75.1 cm³/mol. The van der Waals surface area contributed by atoms with Crippen molar-refractivity contribution in [3.63, 3.8) is 0 Å². The van der Waals surface area contributed by atoms with Gasteiger partial charge in [-0.3, -0.25) is 4.98 Å². The molecular formula is C14H20N4O. The molecule has 0 aliphatic carbocycles. The van der Waals surface area contributed by atoms with Crippen molar-refractivity contribution in [2.45, 2.75) is 26.9 Å². The van der Waals surface area contributed by atoms with Crippen molar-refractivity contribution in [2.75, 3.05) is 19.0 Å². The molecule has 2 aromatic rings. The number of aromatic nitrogens is 3. The molecule has 1 N–H and O–H groups in total. The van der Waals surface area contributed by atoms with E-state index in [1.165, 1.54) is 11.1 Å². The molecule has 5 nitrogen and oxygen atoms in total. The maximum absolute atomic E-state index is 5.11. The van der Waals surface area contributed by atoms with Gasteiger partial charge in [0.15, 0.2) is 0 Å². The lowest BCUT2D eigenvalue weighted by atomic mass is 10.1. The van der Waals surface area contributed by atoms with Crippen LogP contribution >= 0.6 is 0 Å². The average molecular weight is 260 g/mol. The third-order valence-corrected chi connectivity index (χ3v) is 3.01. The van der Waals surface area contributed by atoms with Crippen LogP contribution in [0.25, 0.3) is 0 Å². The monoisotopic (exact) mass is 260 g/mol. The molecule has 2 aromatic heterocycles. The molecule has 0 amide bonds.